The van der Waals surface area contributed by atoms with Crippen molar-refractivity contribution >= 4 is 11.9 Å². The fourth-order valence-corrected chi connectivity index (χ4v) is 2.78. The van der Waals surface area contributed by atoms with Crippen molar-refractivity contribution in [1.82, 2.24) is 10.6 Å². The van der Waals surface area contributed by atoms with Gasteiger partial charge in [0.15, 0.2) is 12.6 Å². The van der Waals surface area contributed by atoms with Crippen molar-refractivity contribution in [2.45, 2.75) is 38.6 Å². The van der Waals surface area contributed by atoms with E-state index in [1.54, 1.807) is 18.7 Å². The lowest BCUT2D eigenvalue weighted by Crippen LogP contribution is -2.37. The van der Waals surface area contributed by atoms with Crippen LogP contribution < -0.4 is 21.1 Å². The second-order valence-corrected chi connectivity index (χ2v) is 6.11. The predicted molar refractivity (Wildman–Crippen MR) is 101 cm³/mol. The molecule has 0 aliphatic heterocycles. The molecule has 1 aromatic rings. The lowest BCUT2D eigenvalue weighted by molar-refractivity contribution is -0.119. The number of guanidine groups is 1. The molecule has 0 radical (unpaired) electrons. The van der Waals surface area contributed by atoms with Crippen LogP contribution >= 0.6 is 0 Å². The summed E-state index contributed by atoms with van der Waals surface area (Å²) in [4.78, 5) is 15.0. The highest BCUT2D eigenvalue weighted by molar-refractivity contribution is 5.79. The molecule has 6 nitrogen and oxygen atoms in total. The Hall–Kier alpha value is -2.50. The molecule has 6 heteroatoms. The van der Waals surface area contributed by atoms with Gasteiger partial charge >= 0.3 is 0 Å². The second-order valence-electron chi connectivity index (χ2n) is 6.11. The summed E-state index contributed by atoms with van der Waals surface area (Å²) in [6, 6.07) is 7.57. The molecule has 0 bridgehead atoms. The summed E-state index contributed by atoms with van der Waals surface area (Å²) >= 11 is 0. The van der Waals surface area contributed by atoms with Gasteiger partial charge in [-0.1, -0.05) is 23.8 Å². The Balaban J connectivity index is 1.75. The number of aliphatic imine (C=N–C) groups is 1. The molecule has 1 amide bonds. The number of nitrogens with one attached hydrogen (secondary N) is 2. The van der Waals surface area contributed by atoms with E-state index in [2.05, 4.69) is 21.7 Å². The standard InChI is InChI=1S/C19H28N4O2/c1-21-19(22-11-10-15-6-3-2-4-7-15)23-13-16-8-5-9-17(12-16)25-14-18(20)24/h5-6,8-9,12H,2-4,7,10-11,13-14H2,1H3,(H2,20,24)(H2,21,22,23). The van der Waals surface area contributed by atoms with E-state index in [1.807, 2.05) is 18.2 Å². The van der Waals surface area contributed by atoms with Gasteiger partial charge in [0.25, 0.3) is 5.91 Å². The van der Waals surface area contributed by atoms with Gasteiger partial charge in [-0.2, -0.15) is 0 Å². The Kier molecular flexibility index (Phi) is 7.82. The minimum absolute atomic E-state index is 0.115. The summed E-state index contributed by atoms with van der Waals surface area (Å²) in [6.07, 6.45) is 8.52. The van der Waals surface area contributed by atoms with Crippen LogP contribution in [0.25, 0.3) is 0 Å². The van der Waals surface area contributed by atoms with Crippen LogP contribution in [0.15, 0.2) is 40.9 Å². The fraction of sp³-hybridized carbons (Fsp3) is 0.474. The number of primary amides is 1. The van der Waals surface area contributed by atoms with Crippen molar-refractivity contribution in [3.05, 3.63) is 41.5 Å². The summed E-state index contributed by atoms with van der Waals surface area (Å²) in [5.74, 6) is 0.923. The van der Waals surface area contributed by atoms with Crippen LogP contribution in [0.2, 0.25) is 0 Å². The average Bonchev–Trinajstić information content (AvgIpc) is 2.64. The van der Waals surface area contributed by atoms with Gasteiger partial charge < -0.3 is 21.1 Å². The molecule has 0 fully saturated rings. The van der Waals surface area contributed by atoms with Crippen LogP contribution in [-0.2, 0) is 11.3 Å². The first kappa shape index (κ1) is 18.8. The SMILES string of the molecule is CN=C(NCCC1=CCCCC1)NCc1cccc(OCC(N)=O)c1. The molecule has 4 N–H and O–H groups in total. The number of nitrogens with zero attached hydrogens (tertiary/aromatic N) is 1. The molecule has 136 valence electrons. The Bertz CT molecular complexity index is 626. The summed E-state index contributed by atoms with van der Waals surface area (Å²) in [7, 11) is 1.77. The van der Waals surface area contributed by atoms with Crippen molar-refractivity contribution in [3.63, 3.8) is 0 Å². The zero-order valence-electron chi connectivity index (χ0n) is 14.9. The molecule has 0 spiro atoms. The van der Waals surface area contributed by atoms with Crippen LogP contribution in [-0.4, -0.2) is 32.1 Å². The number of nitrogens with two attached hydrogens (primary N) is 1. The first-order chi connectivity index (χ1) is 12.2. The summed E-state index contributed by atoms with van der Waals surface area (Å²) in [5, 5.41) is 6.64. The Morgan fingerprint density at radius 2 is 2.20 bits per heavy atom. The number of carbonyl (C=O) groups excluding carboxylic acids is 1. The number of ether oxygens (including phenoxy) is 1. The van der Waals surface area contributed by atoms with Gasteiger partial charge in [0.2, 0.25) is 0 Å². The topological polar surface area (TPSA) is 88.7 Å². The molecule has 1 aromatic carbocycles. The lowest BCUT2D eigenvalue weighted by Gasteiger charge is -2.15. The molecule has 0 unspecified atom stereocenters. The molecule has 1 aliphatic carbocycles. The Labute approximate surface area is 149 Å². The van der Waals surface area contributed by atoms with E-state index in [0.29, 0.717) is 12.3 Å². The van der Waals surface area contributed by atoms with Crippen LogP contribution in [0.3, 0.4) is 0 Å². The minimum atomic E-state index is -0.485. The van der Waals surface area contributed by atoms with Crippen molar-refractivity contribution < 1.29 is 9.53 Å². The number of rotatable bonds is 8. The average molecular weight is 344 g/mol. The highest BCUT2D eigenvalue weighted by Crippen LogP contribution is 2.19. The number of amides is 1. The maximum Gasteiger partial charge on any atom is 0.255 e. The quantitative estimate of drug-likeness (QED) is 0.383. The summed E-state index contributed by atoms with van der Waals surface area (Å²) in [6.45, 7) is 1.39. The summed E-state index contributed by atoms with van der Waals surface area (Å²) in [5.41, 5.74) is 7.68. The van der Waals surface area contributed by atoms with Gasteiger partial charge in [0.05, 0.1) is 0 Å². The van der Waals surface area contributed by atoms with Crippen LogP contribution in [0, 0.1) is 0 Å². The van der Waals surface area contributed by atoms with Crippen LogP contribution in [0.5, 0.6) is 5.75 Å². The van der Waals surface area contributed by atoms with Crippen molar-refractivity contribution in [3.8, 4) is 5.75 Å². The van der Waals surface area contributed by atoms with Gasteiger partial charge in [0.1, 0.15) is 5.75 Å². The van der Waals surface area contributed by atoms with Crippen LogP contribution in [0.4, 0.5) is 0 Å². The maximum atomic E-state index is 10.8. The number of hydrogen-bond donors (Lipinski definition) is 3. The normalized spacial score (nSPS) is 14.6. The maximum absolute atomic E-state index is 10.8. The molecule has 0 saturated carbocycles. The number of benzene rings is 1. The zero-order valence-corrected chi connectivity index (χ0v) is 14.9. The van der Waals surface area contributed by atoms with Crippen molar-refractivity contribution in [1.29, 1.82) is 0 Å². The van der Waals surface area contributed by atoms with Crippen molar-refractivity contribution in [2.75, 3.05) is 20.2 Å². The Morgan fingerprint density at radius 3 is 2.92 bits per heavy atom. The number of allylic oxidation sites excluding steroid dienone is 1. The predicted octanol–water partition coefficient (Wildman–Crippen LogP) is 2.11. The fourth-order valence-electron chi connectivity index (χ4n) is 2.78. The molecule has 0 saturated heterocycles. The third-order valence-electron chi connectivity index (χ3n) is 4.09. The van der Waals surface area contributed by atoms with Gasteiger partial charge in [0, 0.05) is 20.1 Å². The van der Waals surface area contributed by atoms with E-state index in [4.69, 9.17) is 10.5 Å². The molecule has 0 heterocycles. The number of hydrogen-bond acceptors (Lipinski definition) is 3. The molecule has 0 aromatic heterocycles. The first-order valence-corrected chi connectivity index (χ1v) is 8.80. The second kappa shape index (κ2) is 10.4. The minimum Gasteiger partial charge on any atom is -0.484 e. The van der Waals surface area contributed by atoms with E-state index in [-0.39, 0.29) is 6.61 Å². The highest BCUT2D eigenvalue weighted by Gasteiger charge is 2.05. The molecule has 0 atom stereocenters. The van der Waals surface area contributed by atoms with Gasteiger partial charge in [-0.15, -0.1) is 0 Å². The smallest absolute Gasteiger partial charge is 0.255 e. The van der Waals surface area contributed by atoms with E-state index in [0.717, 1.165) is 24.5 Å². The van der Waals surface area contributed by atoms with Gasteiger partial charge in [-0.05, 0) is 49.8 Å². The molecule has 25 heavy (non-hydrogen) atoms. The third kappa shape index (κ3) is 7.28. The Morgan fingerprint density at radius 1 is 1.32 bits per heavy atom. The largest absolute Gasteiger partial charge is 0.484 e. The molecule has 1 aliphatic rings. The number of carbonyl (C=O) groups is 1. The van der Waals surface area contributed by atoms with Gasteiger partial charge in [-0.3, -0.25) is 9.79 Å². The zero-order chi connectivity index (χ0) is 17.9. The van der Waals surface area contributed by atoms with E-state index in [1.165, 1.54) is 25.7 Å². The van der Waals surface area contributed by atoms with Crippen LogP contribution in [0.1, 0.15) is 37.7 Å². The van der Waals surface area contributed by atoms with E-state index >= 15 is 0 Å². The van der Waals surface area contributed by atoms with E-state index < -0.39 is 5.91 Å². The molecular formula is C19H28N4O2. The highest BCUT2D eigenvalue weighted by atomic mass is 16.5. The molecule has 2 rings (SSSR count). The third-order valence-corrected chi connectivity index (χ3v) is 4.09. The van der Waals surface area contributed by atoms with E-state index in [9.17, 15) is 4.79 Å². The van der Waals surface area contributed by atoms with Crippen molar-refractivity contribution in [2.24, 2.45) is 10.7 Å². The first-order valence-electron chi connectivity index (χ1n) is 8.80. The van der Waals surface area contributed by atoms with Gasteiger partial charge in [-0.25, -0.2) is 0 Å². The lowest BCUT2D eigenvalue weighted by atomic mass is 9.97. The summed E-state index contributed by atoms with van der Waals surface area (Å²) < 4.78 is 5.32. The molecular weight excluding hydrogens is 316 g/mol. The monoisotopic (exact) mass is 344 g/mol.